The Bertz CT molecular complexity index is 453. The van der Waals surface area contributed by atoms with Crippen molar-refractivity contribution < 1.29 is 9.47 Å². The van der Waals surface area contributed by atoms with Crippen LogP contribution in [0.5, 0.6) is 0 Å². The molecule has 4 heteroatoms. The summed E-state index contributed by atoms with van der Waals surface area (Å²) in [6.07, 6.45) is 1.07. The van der Waals surface area contributed by atoms with Gasteiger partial charge in [0.1, 0.15) is 0 Å². The van der Waals surface area contributed by atoms with E-state index >= 15 is 0 Å². The van der Waals surface area contributed by atoms with Crippen molar-refractivity contribution in [3.8, 4) is 6.07 Å². The smallest absolute Gasteiger partial charge is 0.171 e. The van der Waals surface area contributed by atoms with Crippen molar-refractivity contribution in [2.45, 2.75) is 24.0 Å². The Hall–Kier alpha value is -1.57. The maximum atomic E-state index is 9.40. The Labute approximate surface area is 101 Å². The van der Waals surface area contributed by atoms with E-state index in [1.54, 1.807) is 14.2 Å². The summed E-state index contributed by atoms with van der Waals surface area (Å²) in [4.78, 5) is 0. The van der Waals surface area contributed by atoms with Gasteiger partial charge in [0.15, 0.2) is 5.79 Å². The van der Waals surface area contributed by atoms with Gasteiger partial charge >= 0.3 is 0 Å². The zero-order chi connectivity index (χ0) is 12.5. The quantitative estimate of drug-likeness (QED) is 0.637. The fourth-order valence-electron chi connectivity index (χ4n) is 2.42. The van der Waals surface area contributed by atoms with Gasteiger partial charge in [0.2, 0.25) is 0 Å². The molecule has 90 valence electrons. The van der Waals surface area contributed by atoms with Crippen LogP contribution in [0.2, 0.25) is 0 Å². The van der Waals surface area contributed by atoms with Gasteiger partial charge in [0.25, 0.3) is 0 Å². The fourth-order valence-corrected chi connectivity index (χ4v) is 2.42. The lowest BCUT2D eigenvalue weighted by atomic mass is 9.61. The fraction of sp³-hybridized carbons (Fsp3) is 0.462. The second-order valence-corrected chi connectivity index (χ2v) is 4.49. The summed E-state index contributed by atoms with van der Waals surface area (Å²) in [6.45, 7) is 0. The van der Waals surface area contributed by atoms with Crippen molar-refractivity contribution in [2.24, 2.45) is 0 Å². The van der Waals surface area contributed by atoms with Gasteiger partial charge in [-0.3, -0.25) is 0 Å². The number of nitriles is 1. The Morgan fingerprint density at radius 1 is 1.29 bits per heavy atom. The molecule has 1 aliphatic rings. The predicted molar refractivity (Wildman–Crippen MR) is 64.1 cm³/mol. The molecule has 0 spiro atoms. The normalized spacial score (nSPS) is 20.3. The number of benzene rings is 1. The van der Waals surface area contributed by atoms with Crippen molar-refractivity contribution in [1.82, 2.24) is 0 Å². The third kappa shape index (κ3) is 1.78. The van der Waals surface area contributed by atoms with E-state index in [0.717, 1.165) is 5.56 Å². The number of hydrogen-bond donors (Lipinski definition) is 1. The van der Waals surface area contributed by atoms with E-state index in [4.69, 9.17) is 15.2 Å². The first-order chi connectivity index (χ1) is 8.10. The third-order valence-electron chi connectivity index (χ3n) is 3.54. The molecule has 0 aliphatic heterocycles. The summed E-state index contributed by atoms with van der Waals surface area (Å²) >= 11 is 0. The molecule has 1 aromatic carbocycles. The van der Waals surface area contributed by atoms with Crippen LogP contribution in [0.1, 0.15) is 18.4 Å². The second-order valence-electron chi connectivity index (χ2n) is 4.49. The predicted octanol–water partition coefficient (Wildman–Crippen LogP) is 1.81. The largest absolute Gasteiger partial charge is 0.399 e. The molecule has 1 aliphatic carbocycles. The van der Waals surface area contributed by atoms with E-state index in [1.807, 2.05) is 24.3 Å². The van der Waals surface area contributed by atoms with Gasteiger partial charge in [0, 0.05) is 32.7 Å². The molecule has 0 saturated heterocycles. The number of methoxy groups -OCH3 is 2. The molecule has 1 aromatic rings. The van der Waals surface area contributed by atoms with Crippen molar-refractivity contribution >= 4 is 5.69 Å². The third-order valence-corrected chi connectivity index (χ3v) is 3.54. The molecule has 1 saturated carbocycles. The highest BCUT2D eigenvalue weighted by Crippen LogP contribution is 2.52. The van der Waals surface area contributed by atoms with E-state index in [0.29, 0.717) is 18.5 Å². The minimum atomic E-state index is -0.625. The van der Waals surface area contributed by atoms with Gasteiger partial charge in [-0.05, 0) is 17.7 Å². The first kappa shape index (κ1) is 11.9. The van der Waals surface area contributed by atoms with Gasteiger partial charge in [0.05, 0.1) is 11.5 Å². The second kappa shape index (κ2) is 4.02. The van der Waals surface area contributed by atoms with Crippen LogP contribution in [0.4, 0.5) is 5.69 Å². The number of rotatable bonds is 3. The summed E-state index contributed by atoms with van der Waals surface area (Å²) in [6, 6.07) is 9.81. The number of nitrogen functional groups attached to an aromatic ring is 1. The molecular formula is C13H16N2O2. The lowest BCUT2D eigenvalue weighted by Crippen LogP contribution is -2.56. The van der Waals surface area contributed by atoms with Crippen LogP contribution in [0, 0.1) is 11.3 Å². The molecule has 17 heavy (non-hydrogen) atoms. The van der Waals surface area contributed by atoms with Crippen LogP contribution < -0.4 is 5.73 Å². The molecule has 1 fully saturated rings. The molecule has 0 amide bonds. The van der Waals surface area contributed by atoms with Crippen molar-refractivity contribution in [3.05, 3.63) is 29.8 Å². The standard InChI is InChI=1S/C13H16N2O2/c1-16-13(17-2)7-12(8-13,9-14)10-4-3-5-11(15)6-10/h3-6H,7-8,15H2,1-2H3. The van der Waals surface area contributed by atoms with Crippen LogP contribution in [0.3, 0.4) is 0 Å². The Balaban J connectivity index is 2.29. The van der Waals surface area contributed by atoms with Gasteiger partial charge in [-0.2, -0.15) is 5.26 Å². The number of nitrogens with zero attached hydrogens (tertiary/aromatic N) is 1. The van der Waals surface area contributed by atoms with Crippen LogP contribution in [0.15, 0.2) is 24.3 Å². The molecule has 0 atom stereocenters. The molecule has 2 N–H and O–H groups in total. The van der Waals surface area contributed by atoms with E-state index in [2.05, 4.69) is 6.07 Å². The molecule has 2 rings (SSSR count). The Morgan fingerprint density at radius 3 is 2.41 bits per heavy atom. The summed E-state index contributed by atoms with van der Waals surface area (Å²) in [7, 11) is 3.20. The lowest BCUT2D eigenvalue weighted by Gasteiger charge is -2.50. The van der Waals surface area contributed by atoms with Crippen molar-refractivity contribution in [3.63, 3.8) is 0 Å². The Kier molecular flexibility index (Phi) is 2.82. The Morgan fingerprint density at radius 2 is 1.94 bits per heavy atom. The number of nitrogens with two attached hydrogens (primary N) is 1. The first-order valence-corrected chi connectivity index (χ1v) is 5.47. The van der Waals surface area contributed by atoms with Gasteiger partial charge in [-0.1, -0.05) is 12.1 Å². The molecule has 4 nitrogen and oxygen atoms in total. The molecule has 0 radical (unpaired) electrons. The minimum Gasteiger partial charge on any atom is -0.399 e. The number of ether oxygens (including phenoxy) is 2. The maximum absolute atomic E-state index is 9.40. The van der Waals surface area contributed by atoms with Gasteiger partial charge < -0.3 is 15.2 Å². The highest BCUT2D eigenvalue weighted by atomic mass is 16.7. The van der Waals surface area contributed by atoms with Crippen molar-refractivity contribution in [2.75, 3.05) is 20.0 Å². The van der Waals surface area contributed by atoms with Crippen LogP contribution in [-0.2, 0) is 14.9 Å². The van der Waals surface area contributed by atoms with Crippen molar-refractivity contribution in [1.29, 1.82) is 5.26 Å². The molecule has 0 heterocycles. The zero-order valence-corrected chi connectivity index (χ0v) is 10.1. The number of anilines is 1. The van der Waals surface area contributed by atoms with Gasteiger partial charge in [-0.15, -0.1) is 0 Å². The van der Waals surface area contributed by atoms with Gasteiger partial charge in [-0.25, -0.2) is 0 Å². The highest BCUT2D eigenvalue weighted by molar-refractivity contribution is 5.47. The molecular weight excluding hydrogens is 216 g/mol. The summed E-state index contributed by atoms with van der Waals surface area (Å²) in [5.41, 5.74) is 6.81. The minimum absolute atomic E-state index is 0.535. The monoisotopic (exact) mass is 232 g/mol. The first-order valence-electron chi connectivity index (χ1n) is 5.47. The topological polar surface area (TPSA) is 68.3 Å². The average molecular weight is 232 g/mol. The molecule has 0 aromatic heterocycles. The van der Waals surface area contributed by atoms with E-state index in [1.165, 1.54) is 0 Å². The molecule has 0 bridgehead atoms. The lowest BCUT2D eigenvalue weighted by molar-refractivity contribution is -0.269. The van der Waals surface area contributed by atoms with E-state index < -0.39 is 11.2 Å². The average Bonchev–Trinajstić information content (AvgIpc) is 2.30. The van der Waals surface area contributed by atoms with E-state index in [-0.39, 0.29) is 0 Å². The summed E-state index contributed by atoms with van der Waals surface area (Å²) < 4.78 is 10.7. The maximum Gasteiger partial charge on any atom is 0.171 e. The zero-order valence-electron chi connectivity index (χ0n) is 10.1. The molecule has 0 unspecified atom stereocenters. The van der Waals surface area contributed by atoms with E-state index in [9.17, 15) is 5.26 Å². The van der Waals surface area contributed by atoms with Crippen LogP contribution in [0.25, 0.3) is 0 Å². The van der Waals surface area contributed by atoms with Crippen LogP contribution in [-0.4, -0.2) is 20.0 Å². The summed E-state index contributed by atoms with van der Waals surface area (Å²) in [5.74, 6) is -0.625. The number of hydrogen-bond acceptors (Lipinski definition) is 4. The van der Waals surface area contributed by atoms with Crippen LogP contribution >= 0.6 is 0 Å². The SMILES string of the molecule is COC1(OC)CC(C#N)(c2cccc(N)c2)C1. The highest BCUT2D eigenvalue weighted by Gasteiger charge is 2.57. The summed E-state index contributed by atoms with van der Waals surface area (Å²) in [5, 5.41) is 9.40.